The summed E-state index contributed by atoms with van der Waals surface area (Å²) in [5, 5.41) is 14.2. The predicted octanol–water partition coefficient (Wildman–Crippen LogP) is 3.02. The van der Waals surface area contributed by atoms with Crippen molar-refractivity contribution in [3.63, 3.8) is 0 Å². The van der Waals surface area contributed by atoms with E-state index in [0.717, 1.165) is 30.0 Å². The molecule has 136 valence electrons. The van der Waals surface area contributed by atoms with Crippen molar-refractivity contribution in [2.75, 3.05) is 11.9 Å². The number of nitrogens with one attached hydrogen (secondary N) is 3. The second kappa shape index (κ2) is 8.78. The number of rotatable bonds is 8. The van der Waals surface area contributed by atoms with Gasteiger partial charge in [-0.2, -0.15) is 5.10 Å². The highest BCUT2D eigenvalue weighted by molar-refractivity contribution is 5.85. The van der Waals surface area contributed by atoms with Crippen molar-refractivity contribution in [3.05, 3.63) is 12.5 Å². The van der Waals surface area contributed by atoms with Crippen LogP contribution in [0.2, 0.25) is 0 Å². The number of anilines is 1. The van der Waals surface area contributed by atoms with E-state index in [4.69, 9.17) is 0 Å². The van der Waals surface area contributed by atoms with Gasteiger partial charge in [-0.05, 0) is 18.8 Å². The number of carbonyl (C=O) groups is 1. The maximum Gasteiger partial charge on any atom is 0.220 e. The summed E-state index contributed by atoms with van der Waals surface area (Å²) in [6, 6.07) is 0.131. The lowest BCUT2D eigenvalue weighted by atomic mass is 9.86. The molecule has 1 atom stereocenters. The number of fused-ring (bicyclic) bond motifs is 1. The van der Waals surface area contributed by atoms with Crippen LogP contribution < -0.4 is 10.6 Å². The maximum atomic E-state index is 12.2. The Morgan fingerprint density at radius 2 is 2.16 bits per heavy atom. The molecule has 0 radical (unpaired) electrons. The average Bonchev–Trinajstić information content (AvgIpc) is 3.14. The van der Waals surface area contributed by atoms with Gasteiger partial charge in [0.2, 0.25) is 5.91 Å². The molecule has 1 fully saturated rings. The minimum atomic E-state index is 0.131. The summed E-state index contributed by atoms with van der Waals surface area (Å²) in [5.41, 5.74) is 0.712. The highest BCUT2D eigenvalue weighted by atomic mass is 16.1. The first-order chi connectivity index (χ1) is 12.3. The number of hydrogen-bond donors (Lipinski definition) is 3. The molecular formula is C18H28N6O. The van der Waals surface area contributed by atoms with Crippen LogP contribution in [0.1, 0.15) is 58.3 Å². The first-order valence-corrected chi connectivity index (χ1v) is 9.43. The number of amides is 1. The van der Waals surface area contributed by atoms with Crippen molar-refractivity contribution in [3.8, 4) is 0 Å². The van der Waals surface area contributed by atoms with Gasteiger partial charge in [0.15, 0.2) is 5.65 Å². The number of aromatic nitrogens is 4. The van der Waals surface area contributed by atoms with Crippen molar-refractivity contribution in [2.45, 2.75) is 64.3 Å². The van der Waals surface area contributed by atoms with E-state index in [-0.39, 0.29) is 11.9 Å². The molecule has 7 nitrogen and oxygen atoms in total. The molecule has 3 N–H and O–H groups in total. The van der Waals surface area contributed by atoms with Crippen LogP contribution in [0, 0.1) is 5.92 Å². The quantitative estimate of drug-likeness (QED) is 0.684. The fraction of sp³-hybridized carbons (Fsp3) is 0.667. The van der Waals surface area contributed by atoms with Crippen molar-refractivity contribution in [2.24, 2.45) is 5.92 Å². The molecule has 0 aromatic carbocycles. The van der Waals surface area contributed by atoms with Crippen molar-refractivity contribution in [1.82, 2.24) is 25.5 Å². The number of carbonyl (C=O) groups excluding carboxylic acids is 1. The Labute approximate surface area is 148 Å². The fourth-order valence-corrected chi connectivity index (χ4v) is 3.51. The Balaban J connectivity index is 1.45. The van der Waals surface area contributed by atoms with Crippen molar-refractivity contribution < 1.29 is 4.79 Å². The molecule has 2 heterocycles. The van der Waals surface area contributed by atoms with E-state index in [1.165, 1.54) is 38.4 Å². The Morgan fingerprint density at radius 1 is 1.32 bits per heavy atom. The lowest BCUT2D eigenvalue weighted by Crippen LogP contribution is -2.36. The minimum absolute atomic E-state index is 0.131. The van der Waals surface area contributed by atoms with Crippen LogP contribution in [0.5, 0.6) is 0 Å². The molecule has 7 heteroatoms. The van der Waals surface area contributed by atoms with Crippen LogP contribution >= 0.6 is 0 Å². The second-order valence-electron chi connectivity index (χ2n) is 6.95. The third kappa shape index (κ3) is 4.90. The summed E-state index contributed by atoms with van der Waals surface area (Å²) < 4.78 is 0. The largest absolute Gasteiger partial charge is 0.365 e. The Morgan fingerprint density at radius 3 is 2.96 bits per heavy atom. The van der Waals surface area contributed by atoms with E-state index in [2.05, 4.69) is 37.7 Å². The molecule has 0 aliphatic heterocycles. The van der Waals surface area contributed by atoms with Crippen LogP contribution in [0.25, 0.3) is 11.0 Å². The standard InChI is InChI=1S/C18H28N6O/c1-2-14(23-17-15-11-22-24-18(15)21-12-20-17)10-19-16(25)9-8-13-6-4-3-5-7-13/h11-14H,2-10H2,1H3,(H,19,25)(H2,20,21,22,23,24)/t14-/m1/s1. The Bertz CT molecular complexity index is 679. The van der Waals surface area contributed by atoms with Gasteiger partial charge in [-0.15, -0.1) is 0 Å². The lowest BCUT2D eigenvalue weighted by molar-refractivity contribution is -0.121. The fourth-order valence-electron chi connectivity index (χ4n) is 3.51. The van der Waals surface area contributed by atoms with Crippen LogP contribution in [0.3, 0.4) is 0 Å². The normalized spacial score (nSPS) is 16.7. The summed E-state index contributed by atoms with van der Waals surface area (Å²) in [6.45, 7) is 2.70. The summed E-state index contributed by atoms with van der Waals surface area (Å²) >= 11 is 0. The molecule has 25 heavy (non-hydrogen) atoms. The zero-order chi connectivity index (χ0) is 17.5. The van der Waals surface area contributed by atoms with Gasteiger partial charge >= 0.3 is 0 Å². The van der Waals surface area contributed by atoms with E-state index in [1.807, 2.05) is 0 Å². The molecule has 0 bridgehead atoms. The molecule has 3 rings (SSSR count). The van der Waals surface area contributed by atoms with E-state index < -0.39 is 0 Å². The molecular weight excluding hydrogens is 316 g/mol. The van der Waals surface area contributed by atoms with Gasteiger partial charge in [0.05, 0.1) is 11.6 Å². The molecule has 1 aliphatic carbocycles. The van der Waals surface area contributed by atoms with Crippen molar-refractivity contribution in [1.29, 1.82) is 0 Å². The smallest absolute Gasteiger partial charge is 0.220 e. The van der Waals surface area contributed by atoms with E-state index in [0.29, 0.717) is 18.6 Å². The molecule has 1 saturated carbocycles. The van der Waals surface area contributed by atoms with Crippen molar-refractivity contribution >= 4 is 22.8 Å². The van der Waals surface area contributed by atoms with Gasteiger partial charge in [-0.1, -0.05) is 39.0 Å². The van der Waals surface area contributed by atoms with Gasteiger partial charge in [-0.3, -0.25) is 9.89 Å². The predicted molar refractivity (Wildman–Crippen MR) is 98.2 cm³/mol. The van der Waals surface area contributed by atoms with Crippen LogP contribution in [-0.2, 0) is 4.79 Å². The summed E-state index contributed by atoms with van der Waals surface area (Å²) in [5.74, 6) is 1.65. The third-order valence-corrected chi connectivity index (χ3v) is 5.13. The van der Waals surface area contributed by atoms with E-state index in [9.17, 15) is 4.79 Å². The van der Waals surface area contributed by atoms with Gasteiger partial charge in [0.1, 0.15) is 12.1 Å². The first kappa shape index (κ1) is 17.6. The summed E-state index contributed by atoms with van der Waals surface area (Å²) in [6.07, 6.45) is 12.4. The molecule has 1 aliphatic rings. The topological polar surface area (TPSA) is 95.6 Å². The zero-order valence-electron chi connectivity index (χ0n) is 14.9. The number of H-pyrrole nitrogens is 1. The summed E-state index contributed by atoms with van der Waals surface area (Å²) in [7, 11) is 0. The third-order valence-electron chi connectivity index (χ3n) is 5.13. The second-order valence-corrected chi connectivity index (χ2v) is 6.95. The van der Waals surface area contributed by atoms with Gasteiger partial charge in [0, 0.05) is 19.0 Å². The van der Waals surface area contributed by atoms with Gasteiger partial charge in [0.25, 0.3) is 0 Å². The SMILES string of the molecule is CC[C@H](CNC(=O)CCC1CCCCC1)Nc1ncnc2[nH]ncc12. The molecule has 0 spiro atoms. The summed E-state index contributed by atoms with van der Waals surface area (Å²) in [4.78, 5) is 20.6. The monoisotopic (exact) mass is 344 g/mol. The Kier molecular flexibility index (Phi) is 6.19. The maximum absolute atomic E-state index is 12.2. The first-order valence-electron chi connectivity index (χ1n) is 9.43. The van der Waals surface area contributed by atoms with Crippen LogP contribution in [-0.4, -0.2) is 38.7 Å². The van der Waals surface area contributed by atoms with E-state index in [1.54, 1.807) is 6.20 Å². The van der Waals surface area contributed by atoms with Crippen LogP contribution in [0.15, 0.2) is 12.5 Å². The Hall–Kier alpha value is -2.18. The van der Waals surface area contributed by atoms with Gasteiger partial charge < -0.3 is 10.6 Å². The number of hydrogen-bond acceptors (Lipinski definition) is 5. The van der Waals surface area contributed by atoms with E-state index >= 15 is 0 Å². The zero-order valence-corrected chi connectivity index (χ0v) is 14.9. The average molecular weight is 344 g/mol. The van der Waals surface area contributed by atoms with Gasteiger partial charge in [-0.25, -0.2) is 9.97 Å². The lowest BCUT2D eigenvalue weighted by Gasteiger charge is -2.22. The molecule has 0 unspecified atom stereocenters. The highest BCUT2D eigenvalue weighted by Crippen LogP contribution is 2.27. The minimum Gasteiger partial charge on any atom is -0.365 e. The molecule has 2 aromatic rings. The number of nitrogens with zero attached hydrogens (tertiary/aromatic N) is 3. The molecule has 2 aromatic heterocycles. The molecule has 1 amide bonds. The van der Waals surface area contributed by atoms with Crippen LogP contribution in [0.4, 0.5) is 5.82 Å². The highest BCUT2D eigenvalue weighted by Gasteiger charge is 2.16. The number of aromatic amines is 1. The molecule has 0 saturated heterocycles.